The summed E-state index contributed by atoms with van der Waals surface area (Å²) >= 11 is 0. The molecular weight excluding hydrogens is 479 g/mol. The van der Waals surface area contributed by atoms with Crippen LogP contribution in [0.15, 0.2) is 23.2 Å². The topological polar surface area (TPSA) is 58.1 Å². The minimum absolute atomic E-state index is 0. The Labute approximate surface area is 192 Å². The summed E-state index contributed by atoms with van der Waals surface area (Å²) in [6, 6.07) is 6.98. The lowest BCUT2D eigenvalue weighted by Crippen LogP contribution is -2.44. The first kappa shape index (κ1) is 24.2. The van der Waals surface area contributed by atoms with Crippen LogP contribution in [0.5, 0.6) is 5.75 Å². The molecule has 0 bridgehead atoms. The van der Waals surface area contributed by atoms with Crippen molar-refractivity contribution in [3.63, 3.8) is 0 Å². The van der Waals surface area contributed by atoms with E-state index < -0.39 is 0 Å². The zero-order chi connectivity index (χ0) is 19.8. The van der Waals surface area contributed by atoms with Gasteiger partial charge in [0.1, 0.15) is 12.4 Å². The lowest BCUT2D eigenvalue weighted by molar-refractivity contribution is 0.0676. The van der Waals surface area contributed by atoms with Crippen LogP contribution in [0.2, 0.25) is 0 Å². The number of halogens is 1. The van der Waals surface area contributed by atoms with E-state index in [1.807, 2.05) is 7.05 Å². The van der Waals surface area contributed by atoms with Crippen LogP contribution in [0.1, 0.15) is 43.7 Å². The van der Waals surface area contributed by atoms with Crippen LogP contribution in [0.4, 0.5) is 0 Å². The molecule has 0 spiro atoms. The van der Waals surface area contributed by atoms with E-state index in [1.165, 1.54) is 24.9 Å². The van der Waals surface area contributed by atoms with Crippen molar-refractivity contribution < 1.29 is 9.47 Å². The van der Waals surface area contributed by atoms with Gasteiger partial charge in [-0.1, -0.05) is 19.1 Å². The van der Waals surface area contributed by atoms with Crippen molar-refractivity contribution >= 4 is 29.9 Å². The maximum absolute atomic E-state index is 6.11. The number of hydrogen-bond donors (Lipinski definition) is 2. The third-order valence-electron chi connectivity index (χ3n) is 5.75. The summed E-state index contributed by atoms with van der Waals surface area (Å²) in [5, 5.41) is 6.93. The highest BCUT2D eigenvalue weighted by atomic mass is 127. The Morgan fingerprint density at radius 2 is 2.14 bits per heavy atom. The summed E-state index contributed by atoms with van der Waals surface area (Å²) in [5.74, 6) is 1.78. The van der Waals surface area contributed by atoms with Crippen molar-refractivity contribution in [3.8, 4) is 5.75 Å². The van der Waals surface area contributed by atoms with E-state index in [-0.39, 0.29) is 30.1 Å². The fourth-order valence-corrected chi connectivity index (χ4v) is 4.06. The Balaban J connectivity index is 0.00000300. The van der Waals surface area contributed by atoms with Crippen LogP contribution in [-0.4, -0.2) is 62.9 Å². The van der Waals surface area contributed by atoms with Crippen LogP contribution in [0.3, 0.4) is 0 Å². The Morgan fingerprint density at radius 3 is 2.86 bits per heavy atom. The second-order valence-electron chi connectivity index (χ2n) is 7.79. The van der Waals surface area contributed by atoms with Gasteiger partial charge in [0.2, 0.25) is 0 Å². The molecule has 29 heavy (non-hydrogen) atoms. The smallest absolute Gasteiger partial charge is 0.191 e. The molecule has 0 radical (unpaired) electrons. The normalized spacial score (nSPS) is 22.4. The highest BCUT2D eigenvalue weighted by molar-refractivity contribution is 14.0. The van der Waals surface area contributed by atoms with Crippen molar-refractivity contribution in [1.29, 1.82) is 0 Å². The van der Waals surface area contributed by atoms with E-state index in [0.717, 1.165) is 49.8 Å². The maximum Gasteiger partial charge on any atom is 0.191 e. The molecule has 3 rings (SSSR count). The fraction of sp³-hybridized carbons (Fsp3) is 0.682. The number of rotatable bonds is 8. The Kier molecular flexibility index (Phi) is 10.5. The van der Waals surface area contributed by atoms with Crippen LogP contribution in [0, 0.1) is 6.92 Å². The summed E-state index contributed by atoms with van der Waals surface area (Å²) in [4.78, 5) is 6.93. The summed E-state index contributed by atoms with van der Waals surface area (Å²) in [6.07, 6.45) is 5.00. The predicted molar refractivity (Wildman–Crippen MR) is 130 cm³/mol. The number of ether oxygens (including phenoxy) is 2. The van der Waals surface area contributed by atoms with Crippen LogP contribution in [-0.2, 0) is 11.3 Å². The molecular formula is C22H37IN4O2. The SMILES string of the molecule is CCN1CCCC1CNC(=NC)NCc1ccc(C)cc1OCC1CCCO1.I. The number of benzene rings is 1. The molecule has 0 amide bonds. The predicted octanol–water partition coefficient (Wildman–Crippen LogP) is 3.32. The van der Waals surface area contributed by atoms with E-state index in [0.29, 0.717) is 19.2 Å². The van der Waals surface area contributed by atoms with Gasteiger partial charge >= 0.3 is 0 Å². The Hall–Kier alpha value is -1.06. The Morgan fingerprint density at radius 1 is 1.28 bits per heavy atom. The molecule has 6 nitrogen and oxygen atoms in total. The maximum atomic E-state index is 6.11. The van der Waals surface area contributed by atoms with Gasteiger partial charge in [-0.2, -0.15) is 0 Å². The standard InChI is InChI=1S/C22H36N4O2.HI/c1-4-26-11-5-7-19(26)15-25-22(23-3)24-14-18-10-9-17(2)13-21(18)28-16-20-8-6-12-27-20;/h9-10,13,19-20H,4-8,11-12,14-16H2,1-3H3,(H2,23,24,25);1H. The van der Waals surface area contributed by atoms with Gasteiger partial charge < -0.3 is 20.1 Å². The summed E-state index contributed by atoms with van der Waals surface area (Å²) < 4.78 is 11.8. The Bertz CT molecular complexity index is 650. The number of likely N-dealkylation sites (tertiary alicyclic amines) is 1. The quantitative estimate of drug-likeness (QED) is 0.316. The monoisotopic (exact) mass is 516 g/mol. The molecule has 0 aliphatic carbocycles. The van der Waals surface area contributed by atoms with E-state index in [1.54, 1.807) is 0 Å². The van der Waals surface area contributed by atoms with Gasteiger partial charge in [0.25, 0.3) is 0 Å². The minimum atomic E-state index is 0. The van der Waals surface area contributed by atoms with Crippen LogP contribution in [0.25, 0.3) is 0 Å². The van der Waals surface area contributed by atoms with Gasteiger partial charge in [-0.3, -0.25) is 9.89 Å². The van der Waals surface area contributed by atoms with Gasteiger partial charge in [0, 0.05) is 38.3 Å². The molecule has 2 heterocycles. The van der Waals surface area contributed by atoms with E-state index in [4.69, 9.17) is 9.47 Å². The largest absolute Gasteiger partial charge is 0.491 e. The lowest BCUT2D eigenvalue weighted by Gasteiger charge is -2.24. The molecule has 1 aromatic carbocycles. The minimum Gasteiger partial charge on any atom is -0.491 e. The molecule has 2 fully saturated rings. The molecule has 0 saturated carbocycles. The summed E-state index contributed by atoms with van der Waals surface area (Å²) in [6.45, 7) is 9.76. The number of aryl methyl sites for hydroxylation is 1. The van der Waals surface area contributed by atoms with E-state index in [2.05, 4.69) is 52.6 Å². The molecule has 7 heteroatoms. The number of nitrogens with zero attached hydrogens (tertiary/aromatic N) is 2. The molecule has 2 atom stereocenters. The molecule has 2 aliphatic rings. The molecule has 2 aliphatic heterocycles. The van der Waals surface area contributed by atoms with Gasteiger partial charge in [-0.05, 0) is 57.3 Å². The third kappa shape index (κ3) is 7.29. The lowest BCUT2D eigenvalue weighted by atomic mass is 10.1. The highest BCUT2D eigenvalue weighted by Crippen LogP contribution is 2.22. The first-order chi connectivity index (χ1) is 13.7. The molecule has 164 valence electrons. The van der Waals surface area contributed by atoms with E-state index >= 15 is 0 Å². The first-order valence-corrected chi connectivity index (χ1v) is 10.7. The first-order valence-electron chi connectivity index (χ1n) is 10.7. The van der Waals surface area contributed by atoms with Crippen molar-refractivity contribution in [1.82, 2.24) is 15.5 Å². The molecule has 2 saturated heterocycles. The second-order valence-corrected chi connectivity index (χ2v) is 7.79. The average molecular weight is 516 g/mol. The van der Waals surface area contributed by atoms with Crippen molar-refractivity contribution in [3.05, 3.63) is 29.3 Å². The van der Waals surface area contributed by atoms with Crippen molar-refractivity contribution in [2.75, 3.05) is 39.9 Å². The van der Waals surface area contributed by atoms with Gasteiger partial charge in [0.15, 0.2) is 5.96 Å². The van der Waals surface area contributed by atoms with E-state index in [9.17, 15) is 0 Å². The highest BCUT2D eigenvalue weighted by Gasteiger charge is 2.22. The van der Waals surface area contributed by atoms with Crippen LogP contribution >= 0.6 is 24.0 Å². The molecule has 2 unspecified atom stereocenters. The number of guanidine groups is 1. The molecule has 0 aromatic heterocycles. The van der Waals surface area contributed by atoms with Gasteiger partial charge in [0.05, 0.1) is 6.10 Å². The average Bonchev–Trinajstić information content (AvgIpc) is 3.39. The number of likely N-dealkylation sites (N-methyl/N-ethyl adjacent to an activating group) is 1. The molecule has 2 N–H and O–H groups in total. The number of hydrogen-bond acceptors (Lipinski definition) is 4. The zero-order valence-corrected chi connectivity index (χ0v) is 20.4. The number of aliphatic imine (C=N–C) groups is 1. The van der Waals surface area contributed by atoms with Gasteiger partial charge in [-0.25, -0.2) is 0 Å². The summed E-state index contributed by atoms with van der Waals surface area (Å²) in [5.41, 5.74) is 2.34. The van der Waals surface area contributed by atoms with Crippen molar-refractivity contribution in [2.24, 2.45) is 4.99 Å². The van der Waals surface area contributed by atoms with Crippen LogP contribution < -0.4 is 15.4 Å². The van der Waals surface area contributed by atoms with Gasteiger partial charge in [-0.15, -0.1) is 24.0 Å². The summed E-state index contributed by atoms with van der Waals surface area (Å²) in [7, 11) is 1.82. The van der Waals surface area contributed by atoms with Crippen molar-refractivity contribution in [2.45, 2.75) is 58.2 Å². The molecule has 1 aromatic rings. The second kappa shape index (κ2) is 12.6. The zero-order valence-electron chi connectivity index (χ0n) is 18.1. The fourth-order valence-electron chi connectivity index (χ4n) is 4.06. The number of nitrogens with one attached hydrogen (secondary N) is 2. The third-order valence-corrected chi connectivity index (χ3v) is 5.75.